The summed E-state index contributed by atoms with van der Waals surface area (Å²) in [7, 11) is 0. The molecule has 0 atom stereocenters. The molecule has 0 aliphatic rings. The summed E-state index contributed by atoms with van der Waals surface area (Å²) in [4.78, 5) is 16.7. The summed E-state index contributed by atoms with van der Waals surface area (Å²) in [5.41, 5.74) is 0.846. The number of halogens is 2. The average molecular weight is 361 g/mol. The van der Waals surface area contributed by atoms with Gasteiger partial charge in [0.05, 0.1) is 21.8 Å². The summed E-state index contributed by atoms with van der Waals surface area (Å²) in [5.74, 6) is -0.124. The third-order valence-corrected chi connectivity index (χ3v) is 4.57. The highest BCUT2D eigenvalue weighted by molar-refractivity contribution is 7.16. The van der Waals surface area contributed by atoms with Crippen molar-refractivity contribution in [1.29, 1.82) is 0 Å². The van der Waals surface area contributed by atoms with Crippen LogP contribution in [0.25, 0.3) is 10.2 Å². The van der Waals surface area contributed by atoms with Gasteiger partial charge in [0.15, 0.2) is 4.80 Å². The van der Waals surface area contributed by atoms with Crippen molar-refractivity contribution in [2.24, 2.45) is 4.99 Å². The van der Waals surface area contributed by atoms with E-state index in [1.807, 2.05) is 24.5 Å². The first-order valence-electron chi connectivity index (χ1n) is 7.20. The van der Waals surface area contributed by atoms with Crippen LogP contribution in [-0.4, -0.2) is 23.7 Å². The van der Waals surface area contributed by atoms with E-state index in [9.17, 15) is 4.79 Å². The van der Waals surface area contributed by atoms with Gasteiger partial charge in [-0.2, -0.15) is 4.99 Å². The molecule has 1 amide bonds. The monoisotopic (exact) mass is 360 g/mol. The first kappa shape index (κ1) is 17.5. The highest BCUT2D eigenvalue weighted by atomic mass is 35.5. The number of hydrogen-bond donors (Lipinski definition) is 0. The molecule has 7 heteroatoms. The molecule has 0 radical (unpaired) electrons. The second-order valence-electron chi connectivity index (χ2n) is 4.72. The fourth-order valence-corrected chi connectivity index (χ4v) is 3.95. The molecule has 2 aromatic rings. The number of carbonyl (C=O) groups is 1. The number of rotatable bonds is 6. The van der Waals surface area contributed by atoms with Gasteiger partial charge in [-0.1, -0.05) is 41.5 Å². The van der Waals surface area contributed by atoms with Crippen molar-refractivity contribution in [3.63, 3.8) is 0 Å². The van der Waals surface area contributed by atoms with Crippen LogP contribution in [0.3, 0.4) is 0 Å². The molecule has 0 bridgehead atoms. The molecule has 1 heterocycles. The van der Waals surface area contributed by atoms with Crippen LogP contribution in [0.15, 0.2) is 17.1 Å². The van der Waals surface area contributed by atoms with Gasteiger partial charge in [-0.05, 0) is 25.5 Å². The van der Waals surface area contributed by atoms with Gasteiger partial charge in [0.1, 0.15) is 0 Å². The van der Waals surface area contributed by atoms with Crippen LogP contribution in [0.2, 0.25) is 10.0 Å². The summed E-state index contributed by atoms with van der Waals surface area (Å²) >= 11 is 13.8. The van der Waals surface area contributed by atoms with Crippen molar-refractivity contribution < 1.29 is 9.53 Å². The molecule has 0 saturated heterocycles. The standard InChI is InChI=1S/C15H18Cl2N2O2S/c1-3-5-13(20)18-15-19(6-7-21-4-2)14-11(17)8-10(16)9-12(14)22-15/h8-9H,3-7H2,1-2H3. The van der Waals surface area contributed by atoms with Crippen molar-refractivity contribution in [3.05, 3.63) is 27.0 Å². The molecule has 0 fully saturated rings. The molecule has 1 aromatic heterocycles. The summed E-state index contributed by atoms with van der Waals surface area (Å²) in [6, 6.07) is 3.54. The molecular weight excluding hydrogens is 343 g/mol. The molecule has 0 aliphatic heterocycles. The van der Waals surface area contributed by atoms with E-state index in [-0.39, 0.29) is 5.91 Å². The van der Waals surface area contributed by atoms with Crippen LogP contribution in [0.1, 0.15) is 26.7 Å². The molecule has 1 aromatic carbocycles. The second kappa shape index (κ2) is 8.11. The zero-order chi connectivity index (χ0) is 16.1. The number of thiazole rings is 1. The predicted octanol–water partition coefficient (Wildman–Crippen LogP) is 4.27. The number of carbonyl (C=O) groups excluding carboxylic acids is 1. The highest BCUT2D eigenvalue weighted by Crippen LogP contribution is 2.29. The third kappa shape index (κ3) is 4.10. The number of ether oxygens (including phenoxy) is 1. The van der Waals surface area contributed by atoms with Crippen LogP contribution in [0.4, 0.5) is 0 Å². The lowest BCUT2D eigenvalue weighted by atomic mass is 10.3. The summed E-state index contributed by atoms with van der Waals surface area (Å²) < 4.78 is 8.26. The maximum Gasteiger partial charge on any atom is 0.248 e. The predicted molar refractivity (Wildman–Crippen MR) is 91.8 cm³/mol. The Morgan fingerprint density at radius 1 is 1.36 bits per heavy atom. The molecule has 0 saturated carbocycles. The molecule has 22 heavy (non-hydrogen) atoms. The Hall–Kier alpha value is -0.880. The lowest BCUT2D eigenvalue weighted by Gasteiger charge is -2.06. The normalized spacial score (nSPS) is 12.3. The van der Waals surface area contributed by atoms with Crippen molar-refractivity contribution in [3.8, 4) is 0 Å². The zero-order valence-corrected chi connectivity index (χ0v) is 14.9. The van der Waals surface area contributed by atoms with Gasteiger partial charge in [0.2, 0.25) is 5.91 Å². The fourth-order valence-electron chi connectivity index (χ4n) is 2.10. The topological polar surface area (TPSA) is 43.6 Å². The highest BCUT2D eigenvalue weighted by Gasteiger charge is 2.12. The number of amides is 1. The Balaban J connectivity index is 2.55. The third-order valence-electron chi connectivity index (χ3n) is 3.04. The Labute approximate surface area is 143 Å². The van der Waals surface area contributed by atoms with E-state index < -0.39 is 0 Å². The van der Waals surface area contributed by atoms with E-state index in [4.69, 9.17) is 27.9 Å². The minimum absolute atomic E-state index is 0.124. The molecule has 2 rings (SSSR count). The average Bonchev–Trinajstić information content (AvgIpc) is 2.77. The SMILES string of the molecule is CCCC(=O)N=c1sc2cc(Cl)cc(Cl)c2n1CCOCC. The quantitative estimate of drug-likeness (QED) is 0.721. The summed E-state index contributed by atoms with van der Waals surface area (Å²) in [5, 5.41) is 1.13. The van der Waals surface area contributed by atoms with Crippen LogP contribution >= 0.6 is 34.5 Å². The summed E-state index contributed by atoms with van der Waals surface area (Å²) in [6.07, 6.45) is 1.22. The zero-order valence-electron chi connectivity index (χ0n) is 12.6. The van der Waals surface area contributed by atoms with Crippen molar-refractivity contribution in [1.82, 2.24) is 4.57 Å². The van der Waals surface area contributed by atoms with Crippen molar-refractivity contribution >= 4 is 50.7 Å². The van der Waals surface area contributed by atoms with E-state index in [2.05, 4.69) is 4.99 Å². The van der Waals surface area contributed by atoms with E-state index in [0.717, 1.165) is 16.6 Å². The van der Waals surface area contributed by atoms with Crippen LogP contribution < -0.4 is 4.80 Å². The molecular formula is C15H18Cl2N2O2S. The number of benzene rings is 1. The Bertz CT molecular complexity index is 737. The second-order valence-corrected chi connectivity index (χ2v) is 6.58. The Morgan fingerprint density at radius 3 is 2.82 bits per heavy atom. The van der Waals surface area contributed by atoms with E-state index >= 15 is 0 Å². The molecule has 4 nitrogen and oxygen atoms in total. The van der Waals surface area contributed by atoms with Gasteiger partial charge in [-0.25, -0.2) is 0 Å². The number of fused-ring (bicyclic) bond motifs is 1. The molecule has 0 spiro atoms. The van der Waals surface area contributed by atoms with Gasteiger partial charge in [0.25, 0.3) is 0 Å². The lowest BCUT2D eigenvalue weighted by molar-refractivity contribution is -0.118. The Morgan fingerprint density at radius 2 is 2.14 bits per heavy atom. The van der Waals surface area contributed by atoms with E-state index in [1.165, 1.54) is 11.3 Å². The van der Waals surface area contributed by atoms with Crippen molar-refractivity contribution in [2.75, 3.05) is 13.2 Å². The number of nitrogens with zero attached hydrogens (tertiary/aromatic N) is 2. The smallest absolute Gasteiger partial charge is 0.248 e. The lowest BCUT2D eigenvalue weighted by Crippen LogP contribution is -2.19. The van der Waals surface area contributed by atoms with Crippen molar-refractivity contribution in [2.45, 2.75) is 33.2 Å². The van der Waals surface area contributed by atoms with Gasteiger partial charge in [0, 0.05) is 24.6 Å². The number of aromatic nitrogens is 1. The number of hydrogen-bond acceptors (Lipinski definition) is 3. The molecule has 120 valence electrons. The maximum absolute atomic E-state index is 11.9. The molecule has 0 unspecified atom stereocenters. The first-order valence-corrected chi connectivity index (χ1v) is 8.77. The van der Waals surface area contributed by atoms with E-state index in [1.54, 1.807) is 6.07 Å². The minimum Gasteiger partial charge on any atom is -0.380 e. The van der Waals surface area contributed by atoms with Crippen LogP contribution in [0.5, 0.6) is 0 Å². The van der Waals surface area contributed by atoms with Gasteiger partial charge >= 0.3 is 0 Å². The first-order chi connectivity index (χ1) is 10.6. The molecule has 0 N–H and O–H groups in total. The van der Waals surface area contributed by atoms with Gasteiger partial charge < -0.3 is 9.30 Å². The van der Waals surface area contributed by atoms with Crippen LogP contribution in [-0.2, 0) is 16.1 Å². The molecule has 0 aliphatic carbocycles. The van der Waals surface area contributed by atoms with Gasteiger partial charge in [-0.15, -0.1) is 0 Å². The van der Waals surface area contributed by atoms with Gasteiger partial charge in [-0.3, -0.25) is 4.79 Å². The summed E-state index contributed by atoms with van der Waals surface area (Å²) in [6.45, 7) is 5.67. The maximum atomic E-state index is 11.9. The Kier molecular flexibility index (Phi) is 6.44. The minimum atomic E-state index is -0.124. The van der Waals surface area contributed by atoms with E-state index in [0.29, 0.717) is 41.0 Å². The van der Waals surface area contributed by atoms with Crippen LogP contribution in [0, 0.1) is 0 Å². The fraction of sp³-hybridized carbons (Fsp3) is 0.467. The largest absolute Gasteiger partial charge is 0.380 e.